The Morgan fingerprint density at radius 1 is 0.375 bits per heavy atom. The van der Waals surface area contributed by atoms with Crippen molar-refractivity contribution in [2.45, 2.75) is 420 Å². The van der Waals surface area contributed by atoms with Gasteiger partial charge in [-0.25, -0.2) is 0 Å². The summed E-state index contributed by atoms with van der Waals surface area (Å²) in [5.74, 6) is -0.238. The van der Waals surface area contributed by atoms with Crippen molar-refractivity contribution >= 4 is 5.91 Å². The Kier molecular flexibility index (Phi) is 53.8. The van der Waals surface area contributed by atoms with Crippen LogP contribution >= 0.6 is 0 Å². The van der Waals surface area contributed by atoms with Crippen LogP contribution in [0.1, 0.15) is 316 Å². The first kappa shape index (κ1) is 88.2. The molecule has 3 aliphatic rings. The lowest BCUT2D eigenvalue weighted by Gasteiger charge is -2.48. The van der Waals surface area contributed by atoms with Crippen molar-refractivity contribution in [3.05, 3.63) is 36.5 Å². The number of ether oxygens (including phenoxy) is 6. The Morgan fingerprint density at radius 3 is 1.07 bits per heavy atom. The number of amides is 1. The molecule has 0 aliphatic carbocycles. The molecular formula is C77H143NO18. The van der Waals surface area contributed by atoms with Crippen LogP contribution in [0.25, 0.3) is 0 Å². The fourth-order valence-electron chi connectivity index (χ4n) is 13.4. The third-order valence-corrected chi connectivity index (χ3v) is 19.7. The molecule has 19 heteroatoms. The van der Waals surface area contributed by atoms with Crippen molar-refractivity contribution in [3.63, 3.8) is 0 Å². The second kappa shape index (κ2) is 58.5. The Morgan fingerprint density at radius 2 is 0.688 bits per heavy atom. The molecule has 3 saturated heterocycles. The number of aliphatic hydroxyl groups excluding tert-OH is 11. The lowest BCUT2D eigenvalue weighted by molar-refractivity contribution is -0.379. The van der Waals surface area contributed by atoms with Gasteiger partial charge in [0.2, 0.25) is 5.91 Å². The zero-order valence-electron chi connectivity index (χ0n) is 60.1. The summed E-state index contributed by atoms with van der Waals surface area (Å²) in [6, 6.07) is -0.887. The molecule has 0 saturated carbocycles. The molecule has 564 valence electrons. The summed E-state index contributed by atoms with van der Waals surface area (Å²) < 4.78 is 34.5. The van der Waals surface area contributed by atoms with Gasteiger partial charge >= 0.3 is 0 Å². The third kappa shape index (κ3) is 38.9. The van der Waals surface area contributed by atoms with Crippen LogP contribution in [0.5, 0.6) is 0 Å². The third-order valence-electron chi connectivity index (χ3n) is 19.7. The molecule has 3 aliphatic heterocycles. The minimum atomic E-state index is -1.97. The lowest BCUT2D eigenvalue weighted by Crippen LogP contribution is -2.66. The summed E-state index contributed by atoms with van der Waals surface area (Å²) in [6.45, 7) is 1.83. The average Bonchev–Trinajstić information content (AvgIpc) is 0.787. The van der Waals surface area contributed by atoms with Crippen molar-refractivity contribution in [2.24, 2.45) is 0 Å². The van der Waals surface area contributed by atoms with Gasteiger partial charge in [-0.05, 0) is 51.4 Å². The number of aliphatic hydroxyl groups is 11. The molecule has 3 fully saturated rings. The van der Waals surface area contributed by atoms with E-state index in [1.807, 2.05) is 0 Å². The molecule has 3 rings (SSSR count). The summed E-state index contributed by atoms with van der Waals surface area (Å²) >= 11 is 0. The number of unbranched alkanes of at least 4 members (excludes halogenated alkanes) is 40. The van der Waals surface area contributed by atoms with Crippen LogP contribution in [0.4, 0.5) is 0 Å². The molecule has 0 aromatic carbocycles. The fraction of sp³-hybridized carbons (Fsp3) is 0.909. The van der Waals surface area contributed by atoms with Crippen LogP contribution in [0.2, 0.25) is 0 Å². The monoisotopic (exact) mass is 1370 g/mol. The Hall–Kier alpha value is -1.99. The number of hydrogen-bond donors (Lipinski definition) is 12. The van der Waals surface area contributed by atoms with E-state index >= 15 is 0 Å². The van der Waals surface area contributed by atoms with E-state index in [1.54, 1.807) is 0 Å². The maximum Gasteiger partial charge on any atom is 0.220 e. The topological polar surface area (TPSA) is 307 Å². The van der Waals surface area contributed by atoms with Crippen molar-refractivity contribution in [1.29, 1.82) is 0 Å². The van der Waals surface area contributed by atoms with E-state index in [-0.39, 0.29) is 18.9 Å². The first-order valence-corrected chi connectivity index (χ1v) is 39.2. The highest BCUT2D eigenvalue weighted by molar-refractivity contribution is 5.76. The van der Waals surface area contributed by atoms with Gasteiger partial charge in [0.05, 0.1) is 38.6 Å². The van der Waals surface area contributed by atoms with Crippen LogP contribution in [-0.4, -0.2) is 193 Å². The predicted octanol–water partition coefficient (Wildman–Crippen LogP) is 12.3. The van der Waals surface area contributed by atoms with Crippen LogP contribution in [0, 0.1) is 0 Å². The molecule has 0 radical (unpaired) electrons. The van der Waals surface area contributed by atoms with Gasteiger partial charge in [-0.15, -0.1) is 0 Å². The Labute approximate surface area is 581 Å². The number of nitrogens with one attached hydrogen (secondary N) is 1. The van der Waals surface area contributed by atoms with Gasteiger partial charge in [-0.2, -0.15) is 0 Å². The molecule has 0 aromatic rings. The predicted molar refractivity (Wildman–Crippen MR) is 379 cm³/mol. The SMILES string of the molecule is CCCCCCC/C=C\C/C=C\C/C=C\CCCCCCCCCCCCCCCCCCCCC(=O)NC(COC1OC(CO)C(OC2OC(CO)C(OC3OC(CO)C(O)C(O)C3O)C(O)C2O)C(O)C1O)C(O)CCCCCCCCCCCCCCCCCCCC. The summed E-state index contributed by atoms with van der Waals surface area (Å²) in [5.41, 5.74) is 0. The van der Waals surface area contributed by atoms with Crippen LogP contribution < -0.4 is 5.32 Å². The van der Waals surface area contributed by atoms with E-state index in [4.69, 9.17) is 28.4 Å². The maximum atomic E-state index is 13.5. The number of rotatable bonds is 62. The molecule has 0 bridgehead atoms. The summed E-state index contributed by atoms with van der Waals surface area (Å²) in [4.78, 5) is 13.5. The zero-order valence-corrected chi connectivity index (χ0v) is 60.1. The number of hydrogen-bond acceptors (Lipinski definition) is 18. The minimum absolute atomic E-state index is 0.238. The fourth-order valence-corrected chi connectivity index (χ4v) is 13.4. The maximum absolute atomic E-state index is 13.5. The minimum Gasteiger partial charge on any atom is -0.394 e. The zero-order chi connectivity index (χ0) is 69.6. The highest BCUT2D eigenvalue weighted by atomic mass is 16.8. The molecular weight excluding hydrogens is 1230 g/mol. The van der Waals surface area contributed by atoms with E-state index in [0.717, 1.165) is 57.8 Å². The number of carbonyl (C=O) groups excluding carboxylic acids is 1. The van der Waals surface area contributed by atoms with Gasteiger partial charge in [0.1, 0.15) is 73.2 Å². The molecule has 96 heavy (non-hydrogen) atoms. The van der Waals surface area contributed by atoms with Gasteiger partial charge in [0, 0.05) is 6.42 Å². The van der Waals surface area contributed by atoms with Crippen LogP contribution in [0.15, 0.2) is 36.5 Å². The van der Waals surface area contributed by atoms with E-state index in [1.165, 1.54) is 225 Å². The average molecular weight is 1370 g/mol. The number of carbonyl (C=O) groups is 1. The Balaban J connectivity index is 1.35. The lowest BCUT2D eigenvalue weighted by atomic mass is 9.96. The normalized spacial score (nSPS) is 27.2. The van der Waals surface area contributed by atoms with E-state index < -0.39 is 124 Å². The molecule has 3 heterocycles. The summed E-state index contributed by atoms with van der Waals surface area (Å²) in [7, 11) is 0. The molecule has 0 aromatic heterocycles. The molecule has 1 amide bonds. The first-order valence-electron chi connectivity index (χ1n) is 39.2. The van der Waals surface area contributed by atoms with Crippen molar-refractivity contribution in [2.75, 3.05) is 26.4 Å². The quantitative estimate of drug-likeness (QED) is 0.0199. The van der Waals surface area contributed by atoms with E-state index in [2.05, 4.69) is 55.6 Å². The second-order valence-corrected chi connectivity index (χ2v) is 28.2. The molecule has 0 spiro atoms. The molecule has 17 unspecified atom stereocenters. The molecule has 17 atom stereocenters. The highest BCUT2D eigenvalue weighted by Gasteiger charge is 2.54. The van der Waals surface area contributed by atoms with Gasteiger partial charge < -0.3 is 89.9 Å². The van der Waals surface area contributed by atoms with Crippen molar-refractivity contribution < 1.29 is 89.4 Å². The van der Waals surface area contributed by atoms with E-state index in [9.17, 15) is 61.0 Å². The second-order valence-electron chi connectivity index (χ2n) is 28.2. The largest absolute Gasteiger partial charge is 0.394 e. The number of allylic oxidation sites excluding steroid dienone is 6. The van der Waals surface area contributed by atoms with Gasteiger partial charge in [0.15, 0.2) is 18.9 Å². The standard InChI is InChI=1S/C77H143NO18/c1-3-5-7-9-11-13-15-17-19-21-23-24-25-26-27-28-29-30-31-32-33-34-35-36-37-39-41-43-45-47-49-51-53-55-65(83)78-60(61(82)54-52-50-48-46-44-42-40-38-22-20-18-16-14-12-10-8-6-4-2)59-91-75-71(89)68(86)73(63(57-80)93-75)96-77-72(90)69(87)74(64(58-81)94-77)95-76-70(88)67(85)66(84)62(56-79)92-76/h15,17,21,23,25-26,60-64,66-77,79-82,84-90H,3-14,16,18-20,22,24,27-59H2,1-2H3,(H,78,83)/b17-15-,23-21-,26-25-. The highest BCUT2D eigenvalue weighted by Crippen LogP contribution is 2.33. The van der Waals surface area contributed by atoms with Crippen molar-refractivity contribution in [1.82, 2.24) is 5.32 Å². The first-order chi connectivity index (χ1) is 46.8. The van der Waals surface area contributed by atoms with E-state index in [0.29, 0.717) is 12.8 Å². The van der Waals surface area contributed by atoms with Crippen molar-refractivity contribution in [3.8, 4) is 0 Å². The van der Waals surface area contributed by atoms with Gasteiger partial charge in [-0.1, -0.05) is 294 Å². The Bertz CT molecular complexity index is 1880. The molecule has 12 N–H and O–H groups in total. The molecule has 19 nitrogen and oxygen atoms in total. The van der Waals surface area contributed by atoms with Gasteiger partial charge in [0.25, 0.3) is 0 Å². The smallest absolute Gasteiger partial charge is 0.220 e. The van der Waals surface area contributed by atoms with Crippen LogP contribution in [-0.2, 0) is 33.2 Å². The summed E-state index contributed by atoms with van der Waals surface area (Å²) in [6.07, 6.45) is 43.7. The van der Waals surface area contributed by atoms with Gasteiger partial charge in [-0.3, -0.25) is 4.79 Å². The van der Waals surface area contributed by atoms with Crippen LogP contribution in [0.3, 0.4) is 0 Å². The summed E-state index contributed by atoms with van der Waals surface area (Å²) in [5, 5.41) is 121.